The van der Waals surface area contributed by atoms with Crippen molar-refractivity contribution in [1.29, 1.82) is 0 Å². The fraction of sp³-hybridized carbons (Fsp3) is 0.417. The zero-order chi connectivity index (χ0) is 14.0. The average molecular weight is 305 g/mol. The molecular formula is C12H14Cl2N2O3. The van der Waals surface area contributed by atoms with Gasteiger partial charge < -0.3 is 20.5 Å². The van der Waals surface area contributed by atoms with Gasteiger partial charge in [0.05, 0.1) is 28.8 Å². The zero-order valence-electron chi connectivity index (χ0n) is 10.1. The summed E-state index contributed by atoms with van der Waals surface area (Å²) in [5.74, 6) is 0. The van der Waals surface area contributed by atoms with Crippen LogP contribution in [-0.2, 0) is 4.74 Å². The third-order valence-corrected chi connectivity index (χ3v) is 3.76. The van der Waals surface area contributed by atoms with Crippen LogP contribution in [0.25, 0.3) is 0 Å². The van der Waals surface area contributed by atoms with Crippen molar-refractivity contribution in [2.75, 3.05) is 19.7 Å². The van der Waals surface area contributed by atoms with Gasteiger partial charge in [0, 0.05) is 13.1 Å². The lowest BCUT2D eigenvalue weighted by Crippen LogP contribution is -2.41. The van der Waals surface area contributed by atoms with Gasteiger partial charge in [-0.15, -0.1) is 0 Å². The first-order chi connectivity index (χ1) is 8.99. The van der Waals surface area contributed by atoms with Crippen LogP contribution >= 0.6 is 23.2 Å². The van der Waals surface area contributed by atoms with Gasteiger partial charge in [-0.2, -0.15) is 0 Å². The summed E-state index contributed by atoms with van der Waals surface area (Å²) in [7, 11) is 0. The second kappa shape index (κ2) is 5.96. The van der Waals surface area contributed by atoms with Gasteiger partial charge in [-0.1, -0.05) is 29.3 Å². The van der Waals surface area contributed by atoms with E-state index in [1.54, 1.807) is 18.2 Å². The number of ether oxygens (including phenoxy) is 1. The number of amides is 1. The Balaban J connectivity index is 2.19. The third kappa shape index (κ3) is 3.30. The van der Waals surface area contributed by atoms with Crippen LogP contribution < -0.4 is 5.73 Å². The van der Waals surface area contributed by atoms with Crippen LogP contribution in [0.2, 0.25) is 10.0 Å². The Bertz CT molecular complexity index is 484. The van der Waals surface area contributed by atoms with Crippen molar-refractivity contribution in [2.24, 2.45) is 5.73 Å². The van der Waals surface area contributed by atoms with Crippen LogP contribution in [0.15, 0.2) is 18.2 Å². The van der Waals surface area contributed by atoms with Crippen LogP contribution in [-0.4, -0.2) is 41.8 Å². The molecule has 1 heterocycles. The molecule has 0 bridgehead atoms. The van der Waals surface area contributed by atoms with Crippen LogP contribution in [0.5, 0.6) is 0 Å². The molecule has 5 nitrogen and oxygen atoms in total. The lowest BCUT2D eigenvalue weighted by molar-refractivity contribution is 0.0517. The van der Waals surface area contributed by atoms with Crippen LogP contribution in [0.4, 0.5) is 4.79 Å². The van der Waals surface area contributed by atoms with Crippen molar-refractivity contribution in [3.8, 4) is 0 Å². The molecule has 19 heavy (non-hydrogen) atoms. The maximum absolute atomic E-state index is 11.0. The molecule has 0 unspecified atom stereocenters. The summed E-state index contributed by atoms with van der Waals surface area (Å²) in [6.45, 7) is 0.825. The molecule has 3 N–H and O–H groups in total. The SMILES string of the molecule is N[C@@H]1CN(C(=O)O)CCO[C@H]1c1ccc(Cl)c(Cl)c1. The molecule has 0 radical (unpaired) electrons. The van der Waals surface area contributed by atoms with E-state index in [9.17, 15) is 4.79 Å². The molecular weight excluding hydrogens is 291 g/mol. The molecule has 1 aromatic carbocycles. The van der Waals surface area contributed by atoms with Gasteiger partial charge >= 0.3 is 6.09 Å². The van der Waals surface area contributed by atoms with E-state index in [-0.39, 0.29) is 12.6 Å². The molecule has 2 rings (SSSR count). The van der Waals surface area contributed by atoms with Crippen LogP contribution in [0.1, 0.15) is 11.7 Å². The second-order valence-electron chi connectivity index (χ2n) is 4.36. The number of carboxylic acid groups (broad SMARTS) is 1. The highest BCUT2D eigenvalue weighted by Crippen LogP contribution is 2.29. The van der Waals surface area contributed by atoms with E-state index in [0.29, 0.717) is 23.2 Å². The largest absolute Gasteiger partial charge is 0.465 e. The minimum Gasteiger partial charge on any atom is -0.465 e. The monoisotopic (exact) mass is 304 g/mol. The van der Waals surface area contributed by atoms with Crippen molar-refractivity contribution < 1.29 is 14.6 Å². The van der Waals surface area contributed by atoms with Crippen molar-refractivity contribution >= 4 is 29.3 Å². The highest BCUT2D eigenvalue weighted by Gasteiger charge is 2.28. The molecule has 0 saturated carbocycles. The van der Waals surface area contributed by atoms with Crippen LogP contribution in [0, 0.1) is 0 Å². The second-order valence-corrected chi connectivity index (χ2v) is 5.17. The molecule has 0 aromatic heterocycles. The quantitative estimate of drug-likeness (QED) is 0.835. The lowest BCUT2D eigenvalue weighted by atomic mass is 10.0. The molecule has 1 amide bonds. The van der Waals surface area contributed by atoms with E-state index < -0.39 is 12.1 Å². The van der Waals surface area contributed by atoms with E-state index in [1.807, 2.05) is 0 Å². The molecule has 104 valence electrons. The minimum atomic E-state index is -0.992. The molecule has 1 aliphatic rings. The molecule has 7 heteroatoms. The van der Waals surface area contributed by atoms with Crippen LogP contribution in [0.3, 0.4) is 0 Å². The van der Waals surface area contributed by atoms with E-state index >= 15 is 0 Å². The fourth-order valence-corrected chi connectivity index (χ4v) is 2.37. The van der Waals surface area contributed by atoms with Gasteiger partial charge in [0.25, 0.3) is 0 Å². The summed E-state index contributed by atoms with van der Waals surface area (Å²) in [6, 6.07) is 4.71. The number of nitrogens with two attached hydrogens (primary N) is 1. The zero-order valence-corrected chi connectivity index (χ0v) is 11.6. The summed E-state index contributed by atoms with van der Waals surface area (Å²) in [4.78, 5) is 12.2. The molecule has 1 aliphatic heterocycles. The van der Waals surface area contributed by atoms with Crippen molar-refractivity contribution in [3.05, 3.63) is 33.8 Å². The first-order valence-corrected chi connectivity index (χ1v) is 6.54. The highest BCUT2D eigenvalue weighted by molar-refractivity contribution is 6.42. The molecule has 1 saturated heterocycles. The normalized spacial score (nSPS) is 24.1. The highest BCUT2D eigenvalue weighted by atomic mass is 35.5. The minimum absolute atomic E-state index is 0.222. The smallest absolute Gasteiger partial charge is 0.407 e. The summed E-state index contributed by atoms with van der Waals surface area (Å²) in [6.07, 6.45) is -1.38. The third-order valence-electron chi connectivity index (χ3n) is 3.02. The number of hydrogen-bond donors (Lipinski definition) is 2. The van der Waals surface area contributed by atoms with Gasteiger partial charge in [-0.05, 0) is 17.7 Å². The number of rotatable bonds is 1. The Morgan fingerprint density at radius 3 is 2.79 bits per heavy atom. The molecule has 2 atom stereocenters. The Morgan fingerprint density at radius 2 is 2.16 bits per heavy atom. The van der Waals surface area contributed by atoms with E-state index in [4.69, 9.17) is 38.8 Å². The first-order valence-electron chi connectivity index (χ1n) is 5.79. The Hall–Kier alpha value is -1.01. The number of benzene rings is 1. The predicted octanol–water partition coefficient (Wildman–Crippen LogP) is 2.37. The molecule has 1 aromatic rings. The topological polar surface area (TPSA) is 75.8 Å². The van der Waals surface area contributed by atoms with Gasteiger partial charge in [0.15, 0.2) is 0 Å². The average Bonchev–Trinajstić information content (AvgIpc) is 2.55. The lowest BCUT2D eigenvalue weighted by Gasteiger charge is -2.23. The van der Waals surface area contributed by atoms with Gasteiger partial charge in [-0.3, -0.25) is 0 Å². The predicted molar refractivity (Wildman–Crippen MR) is 72.7 cm³/mol. The molecule has 0 aliphatic carbocycles. The van der Waals surface area contributed by atoms with Crippen molar-refractivity contribution in [1.82, 2.24) is 4.90 Å². The summed E-state index contributed by atoms with van der Waals surface area (Å²) in [5, 5.41) is 9.88. The number of nitrogens with zero attached hydrogens (tertiary/aromatic N) is 1. The van der Waals surface area contributed by atoms with Gasteiger partial charge in [-0.25, -0.2) is 4.79 Å². The van der Waals surface area contributed by atoms with Crippen molar-refractivity contribution in [3.63, 3.8) is 0 Å². The molecule has 0 spiro atoms. The summed E-state index contributed by atoms with van der Waals surface area (Å²) < 4.78 is 5.64. The van der Waals surface area contributed by atoms with E-state index in [2.05, 4.69) is 0 Å². The Morgan fingerprint density at radius 1 is 1.42 bits per heavy atom. The Kier molecular flexibility index (Phi) is 4.52. The maximum Gasteiger partial charge on any atom is 0.407 e. The van der Waals surface area contributed by atoms with E-state index in [1.165, 1.54) is 4.90 Å². The standard InChI is InChI=1S/C12H14Cl2N2O3/c13-8-2-1-7(5-9(8)14)11-10(15)6-16(12(17)18)3-4-19-11/h1-2,5,10-11H,3-4,6,15H2,(H,17,18)/t10-,11+/m1/s1. The number of carbonyl (C=O) groups is 1. The van der Waals surface area contributed by atoms with E-state index in [0.717, 1.165) is 5.56 Å². The van der Waals surface area contributed by atoms with Gasteiger partial charge in [0.1, 0.15) is 0 Å². The maximum atomic E-state index is 11.0. The summed E-state index contributed by atoms with van der Waals surface area (Å²) in [5.41, 5.74) is 6.82. The van der Waals surface area contributed by atoms with Crippen molar-refractivity contribution in [2.45, 2.75) is 12.1 Å². The number of halogens is 2. The Labute approximate surface area is 120 Å². The molecule has 1 fully saturated rings. The first kappa shape index (κ1) is 14.4. The number of hydrogen-bond acceptors (Lipinski definition) is 3. The summed E-state index contributed by atoms with van der Waals surface area (Å²) >= 11 is 11.8. The fourth-order valence-electron chi connectivity index (χ4n) is 2.06. The van der Waals surface area contributed by atoms with Gasteiger partial charge in [0.2, 0.25) is 0 Å².